The third-order valence-electron chi connectivity index (χ3n) is 4.92. The lowest BCUT2D eigenvalue weighted by Crippen LogP contribution is -2.14. The largest absolute Gasteiger partial charge is 0.276 e. The van der Waals surface area contributed by atoms with E-state index in [2.05, 4.69) is 16.7 Å². The number of unbranched alkanes of at least 4 members (excludes halogenated alkanes) is 1. The Morgan fingerprint density at radius 1 is 1.00 bits per heavy atom. The second-order valence-electron chi connectivity index (χ2n) is 7.18. The number of aryl methyl sites for hydroxylation is 2. The molecule has 3 rings (SSSR count). The molecule has 0 aliphatic heterocycles. The molecule has 3 aromatic rings. The maximum absolute atomic E-state index is 13.1. The van der Waals surface area contributed by atoms with E-state index in [1.165, 1.54) is 12.1 Å². The molecule has 1 N–H and O–H groups in total. The molecule has 0 saturated carbocycles. The number of nitrogens with one attached hydrogen (secondary N) is 1. The van der Waals surface area contributed by atoms with E-state index in [1.807, 2.05) is 19.1 Å². The molecular weight excluding hydrogens is 389 g/mol. The van der Waals surface area contributed by atoms with Gasteiger partial charge in [0.05, 0.1) is 28.5 Å². The molecule has 5 nitrogen and oxygen atoms in total. The third-order valence-corrected chi connectivity index (χ3v) is 6.28. The van der Waals surface area contributed by atoms with E-state index in [9.17, 15) is 12.8 Å². The Morgan fingerprint density at radius 3 is 2.24 bits per heavy atom. The molecule has 0 saturated heterocycles. The zero-order valence-corrected chi connectivity index (χ0v) is 17.8. The van der Waals surface area contributed by atoms with Gasteiger partial charge in [-0.05, 0) is 62.1 Å². The van der Waals surface area contributed by atoms with Gasteiger partial charge in [0.2, 0.25) is 0 Å². The fourth-order valence-corrected chi connectivity index (χ4v) is 4.35. The van der Waals surface area contributed by atoms with Crippen molar-refractivity contribution in [3.8, 4) is 0 Å². The SMILES string of the molecule is CCCCc1ccc(S(=O)(=O)Nc2c(C)nn(Cc3ccc(F)cc3)c2C)cc1. The number of sulfonamides is 1. The number of halogens is 1. The van der Waals surface area contributed by atoms with E-state index in [0.29, 0.717) is 23.6 Å². The molecule has 0 aliphatic rings. The van der Waals surface area contributed by atoms with Crippen LogP contribution in [0.3, 0.4) is 0 Å². The van der Waals surface area contributed by atoms with Crippen molar-refractivity contribution in [2.75, 3.05) is 4.72 Å². The molecule has 1 aromatic heterocycles. The Bertz CT molecular complexity index is 1070. The normalized spacial score (nSPS) is 11.6. The summed E-state index contributed by atoms with van der Waals surface area (Å²) in [5, 5.41) is 4.45. The number of rotatable bonds is 8. The minimum atomic E-state index is -3.71. The van der Waals surface area contributed by atoms with E-state index >= 15 is 0 Å². The highest BCUT2D eigenvalue weighted by Gasteiger charge is 2.20. The molecule has 2 aromatic carbocycles. The van der Waals surface area contributed by atoms with Crippen molar-refractivity contribution < 1.29 is 12.8 Å². The van der Waals surface area contributed by atoms with Crippen LogP contribution < -0.4 is 4.72 Å². The second-order valence-corrected chi connectivity index (χ2v) is 8.87. The van der Waals surface area contributed by atoms with E-state index in [-0.39, 0.29) is 10.7 Å². The zero-order valence-electron chi connectivity index (χ0n) is 16.9. The molecule has 1 heterocycles. The summed E-state index contributed by atoms with van der Waals surface area (Å²) in [5.41, 5.74) is 3.78. The average Bonchev–Trinajstić information content (AvgIpc) is 2.95. The summed E-state index contributed by atoms with van der Waals surface area (Å²) in [6, 6.07) is 13.2. The molecule has 0 radical (unpaired) electrons. The first kappa shape index (κ1) is 21.0. The summed E-state index contributed by atoms with van der Waals surface area (Å²) in [5.74, 6) is -0.295. The zero-order chi connectivity index (χ0) is 21.0. The Balaban J connectivity index is 1.80. The highest BCUT2D eigenvalue weighted by Crippen LogP contribution is 2.24. The summed E-state index contributed by atoms with van der Waals surface area (Å²) in [6.45, 7) is 6.14. The molecule has 7 heteroatoms. The maximum atomic E-state index is 13.1. The summed E-state index contributed by atoms with van der Waals surface area (Å²) in [6.07, 6.45) is 3.12. The van der Waals surface area contributed by atoms with Crippen LogP contribution in [-0.4, -0.2) is 18.2 Å². The number of benzene rings is 2. The van der Waals surface area contributed by atoms with Crippen molar-refractivity contribution in [1.29, 1.82) is 0 Å². The lowest BCUT2D eigenvalue weighted by Gasteiger charge is -2.10. The highest BCUT2D eigenvalue weighted by atomic mass is 32.2. The van der Waals surface area contributed by atoms with Gasteiger partial charge in [0.1, 0.15) is 5.82 Å². The Labute approximate surface area is 171 Å². The molecule has 0 unspecified atom stereocenters. The molecule has 0 amide bonds. The highest BCUT2D eigenvalue weighted by molar-refractivity contribution is 7.92. The fourth-order valence-electron chi connectivity index (χ4n) is 3.17. The van der Waals surface area contributed by atoms with Crippen molar-refractivity contribution in [1.82, 2.24) is 9.78 Å². The monoisotopic (exact) mass is 415 g/mol. The Kier molecular flexibility index (Phi) is 6.37. The van der Waals surface area contributed by atoms with Crippen molar-refractivity contribution in [2.24, 2.45) is 0 Å². The van der Waals surface area contributed by atoms with Crippen molar-refractivity contribution in [2.45, 2.75) is 51.5 Å². The number of hydrogen-bond donors (Lipinski definition) is 1. The fraction of sp³-hybridized carbons (Fsp3) is 0.318. The van der Waals surface area contributed by atoms with Gasteiger partial charge in [-0.3, -0.25) is 9.40 Å². The smallest absolute Gasteiger partial charge is 0.262 e. The number of hydrogen-bond acceptors (Lipinski definition) is 3. The predicted octanol–water partition coefficient (Wildman–Crippen LogP) is 4.83. The Morgan fingerprint density at radius 2 is 1.62 bits per heavy atom. The molecule has 0 fully saturated rings. The Hall–Kier alpha value is -2.67. The van der Waals surface area contributed by atoms with Crippen LogP contribution >= 0.6 is 0 Å². The quantitative estimate of drug-likeness (QED) is 0.573. The average molecular weight is 416 g/mol. The molecule has 0 atom stereocenters. The van der Waals surface area contributed by atoms with E-state index in [4.69, 9.17) is 0 Å². The first-order chi connectivity index (χ1) is 13.8. The van der Waals surface area contributed by atoms with Gasteiger partial charge in [-0.25, -0.2) is 12.8 Å². The molecule has 0 aliphatic carbocycles. The van der Waals surface area contributed by atoms with Crippen LogP contribution in [0.4, 0.5) is 10.1 Å². The predicted molar refractivity (Wildman–Crippen MR) is 113 cm³/mol. The summed E-state index contributed by atoms with van der Waals surface area (Å²) >= 11 is 0. The van der Waals surface area contributed by atoms with Crippen LogP contribution in [0.25, 0.3) is 0 Å². The van der Waals surface area contributed by atoms with E-state index < -0.39 is 10.0 Å². The third kappa shape index (κ3) is 5.03. The van der Waals surface area contributed by atoms with E-state index in [0.717, 1.165) is 30.4 Å². The van der Waals surface area contributed by atoms with Gasteiger partial charge >= 0.3 is 0 Å². The minimum absolute atomic E-state index is 0.225. The van der Waals surface area contributed by atoms with Gasteiger partial charge in [0.15, 0.2) is 0 Å². The number of anilines is 1. The van der Waals surface area contributed by atoms with Gasteiger partial charge < -0.3 is 0 Å². The van der Waals surface area contributed by atoms with Crippen LogP contribution in [0, 0.1) is 19.7 Å². The lowest BCUT2D eigenvalue weighted by atomic mass is 10.1. The standard InChI is InChI=1S/C22H26FN3O2S/c1-4-5-6-18-9-13-21(14-10-18)29(27,28)25-22-16(2)24-26(17(22)3)15-19-7-11-20(23)12-8-19/h7-14,25H,4-6,15H2,1-3H3. The molecule has 29 heavy (non-hydrogen) atoms. The van der Waals surface area contributed by atoms with Crippen molar-refractivity contribution >= 4 is 15.7 Å². The van der Waals surface area contributed by atoms with Crippen molar-refractivity contribution in [3.05, 3.63) is 76.9 Å². The van der Waals surface area contributed by atoms with Crippen LogP contribution in [0.2, 0.25) is 0 Å². The lowest BCUT2D eigenvalue weighted by molar-refractivity contribution is 0.601. The molecule has 154 valence electrons. The first-order valence-electron chi connectivity index (χ1n) is 9.70. The second kappa shape index (κ2) is 8.78. The van der Waals surface area contributed by atoms with Crippen LogP contribution in [0.5, 0.6) is 0 Å². The van der Waals surface area contributed by atoms with Gasteiger partial charge in [-0.1, -0.05) is 37.6 Å². The van der Waals surface area contributed by atoms with Gasteiger partial charge in [0, 0.05) is 0 Å². The number of nitrogens with zero attached hydrogens (tertiary/aromatic N) is 2. The van der Waals surface area contributed by atoms with Gasteiger partial charge in [-0.15, -0.1) is 0 Å². The van der Waals surface area contributed by atoms with Crippen LogP contribution in [-0.2, 0) is 23.0 Å². The topological polar surface area (TPSA) is 64.0 Å². The van der Waals surface area contributed by atoms with Gasteiger partial charge in [0.25, 0.3) is 10.0 Å². The minimum Gasteiger partial charge on any atom is -0.276 e. The summed E-state index contributed by atoms with van der Waals surface area (Å²) < 4.78 is 43.2. The van der Waals surface area contributed by atoms with Gasteiger partial charge in [-0.2, -0.15) is 5.10 Å². The summed E-state index contributed by atoms with van der Waals surface area (Å²) in [4.78, 5) is 0.225. The molecule has 0 bridgehead atoms. The van der Waals surface area contributed by atoms with E-state index in [1.54, 1.807) is 35.9 Å². The maximum Gasteiger partial charge on any atom is 0.262 e. The van der Waals surface area contributed by atoms with Crippen LogP contribution in [0.15, 0.2) is 53.4 Å². The first-order valence-corrected chi connectivity index (χ1v) is 11.2. The van der Waals surface area contributed by atoms with Crippen LogP contribution in [0.1, 0.15) is 42.3 Å². The summed E-state index contributed by atoms with van der Waals surface area (Å²) in [7, 11) is -3.71. The number of aromatic nitrogens is 2. The van der Waals surface area contributed by atoms with Crippen molar-refractivity contribution in [3.63, 3.8) is 0 Å². The molecule has 0 spiro atoms. The molecular formula is C22H26FN3O2S.